The van der Waals surface area contributed by atoms with Crippen molar-refractivity contribution in [3.8, 4) is 0 Å². The fraction of sp³-hybridized carbons (Fsp3) is 0.458. The molecule has 0 unspecified atom stereocenters. The van der Waals surface area contributed by atoms with Gasteiger partial charge < -0.3 is 24.9 Å². The van der Waals surface area contributed by atoms with Gasteiger partial charge in [-0.25, -0.2) is 8.78 Å². The third-order valence-electron chi connectivity index (χ3n) is 6.40. The molecule has 1 saturated heterocycles. The highest BCUT2D eigenvalue weighted by Gasteiger charge is 2.38. The minimum atomic E-state index is -0.615. The molecule has 0 atom stereocenters. The van der Waals surface area contributed by atoms with Gasteiger partial charge in [-0.3, -0.25) is 0 Å². The van der Waals surface area contributed by atoms with E-state index in [0.29, 0.717) is 4.90 Å². The van der Waals surface area contributed by atoms with E-state index >= 15 is 0 Å². The van der Waals surface area contributed by atoms with Crippen LogP contribution in [0.2, 0.25) is 0 Å². The molecule has 1 saturated carbocycles. The van der Waals surface area contributed by atoms with Gasteiger partial charge >= 0.3 is 0 Å². The van der Waals surface area contributed by atoms with E-state index in [1.54, 1.807) is 0 Å². The van der Waals surface area contributed by atoms with Crippen molar-refractivity contribution in [3.63, 3.8) is 0 Å². The molecule has 172 valence electrons. The van der Waals surface area contributed by atoms with Crippen LogP contribution >= 0.6 is 11.9 Å². The van der Waals surface area contributed by atoms with Crippen molar-refractivity contribution >= 4 is 35.3 Å². The Hall–Kier alpha value is -2.32. The molecule has 1 aliphatic heterocycles. The van der Waals surface area contributed by atoms with Crippen molar-refractivity contribution in [3.05, 3.63) is 47.5 Å². The van der Waals surface area contributed by atoms with Gasteiger partial charge in [-0.2, -0.15) is 0 Å². The molecule has 0 radical (unpaired) electrons. The van der Waals surface area contributed by atoms with Crippen LogP contribution in [0.15, 0.2) is 35.2 Å². The van der Waals surface area contributed by atoms with Crippen LogP contribution in [-0.4, -0.2) is 32.6 Å². The van der Waals surface area contributed by atoms with Crippen LogP contribution in [0.5, 0.6) is 0 Å². The van der Waals surface area contributed by atoms with E-state index in [0.717, 1.165) is 98.7 Å². The second-order valence-corrected chi connectivity index (χ2v) is 9.34. The summed E-state index contributed by atoms with van der Waals surface area (Å²) in [5.74, 6) is -1.22. The Morgan fingerprint density at radius 3 is 2.53 bits per heavy atom. The Kier molecular flexibility index (Phi) is 7.20. The topological polar surface area (TPSA) is 62.4 Å². The number of rotatable bonds is 8. The molecule has 2 fully saturated rings. The highest BCUT2D eigenvalue weighted by Crippen LogP contribution is 2.46. The van der Waals surface area contributed by atoms with Gasteiger partial charge in [0, 0.05) is 38.1 Å². The standard InChI is InChI=1S/C24H29F2N3O2S/c1-27-23-19(24(15-30)8-2-3-9-24)13-18(14-21(23)28-17-6-10-31-11-7-17)29-32-22-5-4-16(25)12-20(22)26/h4-5,12-15,17,27-29H,2-3,6-11H2,1H3. The van der Waals surface area contributed by atoms with Crippen molar-refractivity contribution in [2.45, 2.75) is 54.9 Å². The molecule has 0 aromatic heterocycles. The molecule has 0 bridgehead atoms. The van der Waals surface area contributed by atoms with Crippen LogP contribution in [-0.2, 0) is 14.9 Å². The summed E-state index contributed by atoms with van der Waals surface area (Å²) in [5.41, 5.74) is 3.01. The molecule has 2 aromatic rings. The van der Waals surface area contributed by atoms with Crippen molar-refractivity contribution in [1.29, 1.82) is 0 Å². The number of aldehydes is 1. The molecule has 1 aliphatic carbocycles. The Bertz CT molecular complexity index is 961. The van der Waals surface area contributed by atoms with E-state index in [1.807, 2.05) is 19.2 Å². The Balaban J connectivity index is 1.69. The molecule has 0 amide bonds. The zero-order chi connectivity index (χ0) is 22.6. The molecule has 8 heteroatoms. The van der Waals surface area contributed by atoms with E-state index in [4.69, 9.17) is 4.74 Å². The van der Waals surface area contributed by atoms with Gasteiger partial charge in [-0.1, -0.05) is 12.8 Å². The molecule has 2 aliphatic rings. The van der Waals surface area contributed by atoms with Crippen LogP contribution in [0.25, 0.3) is 0 Å². The first-order valence-corrected chi connectivity index (χ1v) is 11.9. The first-order valence-electron chi connectivity index (χ1n) is 11.1. The van der Waals surface area contributed by atoms with Crippen molar-refractivity contribution < 1.29 is 18.3 Å². The number of anilines is 3. The number of ether oxygens (including phenoxy) is 1. The van der Waals surface area contributed by atoms with Crippen LogP contribution in [0, 0.1) is 11.6 Å². The summed E-state index contributed by atoms with van der Waals surface area (Å²) >= 11 is 1.09. The molecule has 32 heavy (non-hydrogen) atoms. The number of benzene rings is 2. The molecule has 0 spiro atoms. The summed E-state index contributed by atoms with van der Waals surface area (Å²) in [6.07, 6.45) is 6.55. The Labute approximate surface area is 191 Å². The lowest BCUT2D eigenvalue weighted by Gasteiger charge is -2.31. The summed E-state index contributed by atoms with van der Waals surface area (Å²) in [7, 11) is 1.87. The van der Waals surface area contributed by atoms with Gasteiger partial charge in [0.2, 0.25) is 0 Å². The van der Waals surface area contributed by atoms with Crippen molar-refractivity contribution in [2.24, 2.45) is 0 Å². The van der Waals surface area contributed by atoms with Crippen molar-refractivity contribution in [2.75, 3.05) is 35.6 Å². The quantitative estimate of drug-likeness (QED) is 0.345. The second kappa shape index (κ2) is 10.1. The van der Waals surface area contributed by atoms with E-state index in [-0.39, 0.29) is 6.04 Å². The molecule has 1 heterocycles. The monoisotopic (exact) mass is 461 g/mol. The highest BCUT2D eigenvalue weighted by molar-refractivity contribution is 8.00. The van der Waals surface area contributed by atoms with Gasteiger partial charge in [0.1, 0.15) is 17.9 Å². The maximum Gasteiger partial charge on any atom is 0.141 e. The Morgan fingerprint density at radius 2 is 1.88 bits per heavy atom. The lowest BCUT2D eigenvalue weighted by atomic mass is 9.78. The average Bonchev–Trinajstić information content (AvgIpc) is 3.29. The Morgan fingerprint density at radius 1 is 1.12 bits per heavy atom. The summed E-state index contributed by atoms with van der Waals surface area (Å²) in [5, 5.41) is 6.95. The number of carbonyl (C=O) groups excluding carboxylic acids is 1. The molecule has 5 nitrogen and oxygen atoms in total. The number of carbonyl (C=O) groups is 1. The van der Waals surface area contributed by atoms with E-state index in [9.17, 15) is 13.6 Å². The normalized spacial score (nSPS) is 18.3. The number of nitrogens with one attached hydrogen (secondary N) is 3. The lowest BCUT2D eigenvalue weighted by Crippen LogP contribution is -2.29. The first kappa shape index (κ1) is 22.9. The van der Waals surface area contributed by atoms with Crippen molar-refractivity contribution in [1.82, 2.24) is 0 Å². The summed E-state index contributed by atoms with van der Waals surface area (Å²) in [6, 6.07) is 7.76. The number of hydrogen-bond acceptors (Lipinski definition) is 6. The van der Waals surface area contributed by atoms with Crippen LogP contribution in [0.4, 0.5) is 25.8 Å². The zero-order valence-electron chi connectivity index (χ0n) is 18.2. The SMILES string of the molecule is CNc1c(NC2CCOCC2)cc(NSc2ccc(F)cc2F)cc1C1(C=O)CCCC1. The van der Waals surface area contributed by atoms with Gasteiger partial charge in [0.15, 0.2) is 0 Å². The predicted molar refractivity (Wildman–Crippen MR) is 126 cm³/mol. The van der Waals surface area contributed by atoms with Crippen LogP contribution in [0.3, 0.4) is 0 Å². The minimum Gasteiger partial charge on any atom is -0.386 e. The first-order chi connectivity index (χ1) is 15.5. The highest BCUT2D eigenvalue weighted by atomic mass is 32.2. The zero-order valence-corrected chi connectivity index (χ0v) is 19.0. The van der Waals surface area contributed by atoms with Gasteiger partial charge in [0.05, 0.1) is 21.7 Å². The van der Waals surface area contributed by atoms with Crippen LogP contribution in [0.1, 0.15) is 44.1 Å². The van der Waals surface area contributed by atoms with Gasteiger partial charge in [-0.05, 0) is 67.5 Å². The molecular weight excluding hydrogens is 432 g/mol. The third-order valence-corrected chi connectivity index (χ3v) is 7.29. The van der Waals surface area contributed by atoms with Gasteiger partial charge in [-0.15, -0.1) is 0 Å². The fourth-order valence-corrected chi connectivity index (χ4v) is 5.31. The molecular formula is C24H29F2N3O2S. The maximum absolute atomic E-state index is 14.1. The summed E-state index contributed by atoms with van der Waals surface area (Å²) in [4.78, 5) is 12.6. The molecule has 2 aromatic carbocycles. The number of halogens is 2. The molecule has 4 rings (SSSR count). The summed E-state index contributed by atoms with van der Waals surface area (Å²) < 4.78 is 36.1. The summed E-state index contributed by atoms with van der Waals surface area (Å²) in [6.45, 7) is 1.44. The van der Waals surface area contributed by atoms with Gasteiger partial charge in [0.25, 0.3) is 0 Å². The smallest absolute Gasteiger partial charge is 0.141 e. The fourth-order valence-electron chi connectivity index (χ4n) is 4.67. The second-order valence-electron chi connectivity index (χ2n) is 8.49. The lowest BCUT2D eigenvalue weighted by molar-refractivity contribution is -0.112. The van der Waals surface area contributed by atoms with Crippen LogP contribution < -0.4 is 15.4 Å². The largest absolute Gasteiger partial charge is 0.386 e. The van der Waals surface area contributed by atoms with E-state index < -0.39 is 17.0 Å². The third kappa shape index (κ3) is 4.86. The van der Waals surface area contributed by atoms with E-state index in [1.165, 1.54) is 12.1 Å². The minimum absolute atomic E-state index is 0.275. The maximum atomic E-state index is 14.1. The average molecular weight is 462 g/mol. The number of hydrogen-bond donors (Lipinski definition) is 3. The predicted octanol–water partition coefficient (Wildman–Crippen LogP) is 5.73. The van der Waals surface area contributed by atoms with E-state index in [2.05, 4.69) is 15.4 Å². The molecule has 3 N–H and O–H groups in total.